The van der Waals surface area contributed by atoms with Crippen molar-refractivity contribution in [3.8, 4) is 0 Å². The molecule has 1 amide bonds. The molecular weight excluding hydrogens is 292 g/mol. The highest BCUT2D eigenvalue weighted by Crippen LogP contribution is 2.19. The van der Waals surface area contributed by atoms with Crippen LogP contribution in [-0.2, 0) is 6.54 Å². The van der Waals surface area contributed by atoms with E-state index in [9.17, 15) is 4.79 Å². The first-order valence-corrected chi connectivity index (χ1v) is 7.61. The molecule has 0 bridgehead atoms. The molecule has 0 radical (unpaired) electrons. The third-order valence-electron chi connectivity index (χ3n) is 3.50. The third-order valence-corrected chi connectivity index (χ3v) is 3.50. The van der Waals surface area contributed by atoms with Crippen LogP contribution in [0.15, 0.2) is 30.7 Å². The molecule has 3 rings (SSSR count). The maximum absolute atomic E-state index is 11.9. The number of carbonyl (C=O) groups is 1. The van der Waals surface area contributed by atoms with Crippen molar-refractivity contribution in [3.63, 3.8) is 0 Å². The van der Waals surface area contributed by atoms with Crippen molar-refractivity contribution in [2.45, 2.75) is 25.4 Å². The van der Waals surface area contributed by atoms with Gasteiger partial charge in [-0.2, -0.15) is 0 Å². The number of rotatable bonds is 6. The van der Waals surface area contributed by atoms with Gasteiger partial charge in [0.25, 0.3) is 5.91 Å². The maximum Gasteiger partial charge on any atom is 0.253 e. The van der Waals surface area contributed by atoms with Gasteiger partial charge in [-0.15, -0.1) is 0 Å². The van der Waals surface area contributed by atoms with E-state index in [-0.39, 0.29) is 5.91 Å². The Balaban J connectivity index is 1.54. The Morgan fingerprint density at radius 3 is 2.48 bits per heavy atom. The van der Waals surface area contributed by atoms with Crippen LogP contribution in [0, 0.1) is 0 Å². The summed E-state index contributed by atoms with van der Waals surface area (Å²) in [5.74, 6) is 1.33. The lowest BCUT2D eigenvalue weighted by molar-refractivity contribution is 0.0951. The Labute approximate surface area is 135 Å². The molecule has 23 heavy (non-hydrogen) atoms. The zero-order valence-corrected chi connectivity index (χ0v) is 13.3. The number of amides is 1. The molecule has 2 N–H and O–H groups in total. The van der Waals surface area contributed by atoms with Crippen molar-refractivity contribution in [2.24, 2.45) is 0 Å². The van der Waals surface area contributed by atoms with Crippen LogP contribution >= 0.6 is 0 Å². The van der Waals surface area contributed by atoms with Gasteiger partial charge < -0.3 is 15.5 Å². The smallest absolute Gasteiger partial charge is 0.253 e. The molecule has 0 spiro atoms. The first-order valence-electron chi connectivity index (χ1n) is 7.61. The number of nitrogens with zero attached hydrogens (tertiary/aromatic N) is 4. The lowest BCUT2D eigenvalue weighted by Crippen LogP contribution is -2.25. The van der Waals surface area contributed by atoms with Crippen LogP contribution in [0.25, 0.3) is 0 Å². The first-order chi connectivity index (χ1) is 11.1. The van der Waals surface area contributed by atoms with Crippen LogP contribution in [0.3, 0.4) is 0 Å². The van der Waals surface area contributed by atoms with Crippen LogP contribution < -0.4 is 15.5 Å². The summed E-state index contributed by atoms with van der Waals surface area (Å²) in [6, 6.07) is 3.93. The molecule has 1 aliphatic carbocycles. The molecule has 7 heteroatoms. The SMILES string of the molecule is CN(C)c1ncc(CNc2ccc(C(=O)NC3CC3)cn2)cn1. The van der Waals surface area contributed by atoms with Gasteiger partial charge in [0.2, 0.25) is 5.95 Å². The maximum atomic E-state index is 11.9. The Hall–Kier alpha value is -2.70. The summed E-state index contributed by atoms with van der Waals surface area (Å²) in [5.41, 5.74) is 1.55. The molecule has 1 aliphatic rings. The van der Waals surface area contributed by atoms with Gasteiger partial charge in [-0.05, 0) is 25.0 Å². The van der Waals surface area contributed by atoms with Crippen LogP contribution in [0.1, 0.15) is 28.8 Å². The van der Waals surface area contributed by atoms with Crippen LogP contribution in [0.5, 0.6) is 0 Å². The van der Waals surface area contributed by atoms with Crippen molar-refractivity contribution in [3.05, 3.63) is 41.9 Å². The second-order valence-electron chi connectivity index (χ2n) is 5.82. The molecule has 0 saturated heterocycles. The summed E-state index contributed by atoms with van der Waals surface area (Å²) in [6.07, 6.45) is 7.31. The quantitative estimate of drug-likeness (QED) is 0.840. The lowest BCUT2D eigenvalue weighted by Gasteiger charge is -2.10. The van der Waals surface area contributed by atoms with Gasteiger partial charge in [-0.1, -0.05) is 0 Å². The predicted octanol–water partition coefficient (Wildman–Crippen LogP) is 1.44. The van der Waals surface area contributed by atoms with E-state index in [4.69, 9.17) is 0 Å². The molecule has 2 heterocycles. The van der Waals surface area contributed by atoms with Crippen molar-refractivity contribution in [1.29, 1.82) is 0 Å². The predicted molar refractivity (Wildman–Crippen MR) is 88.4 cm³/mol. The topological polar surface area (TPSA) is 83.0 Å². The highest BCUT2D eigenvalue weighted by molar-refractivity contribution is 5.94. The highest BCUT2D eigenvalue weighted by atomic mass is 16.1. The summed E-state index contributed by atoms with van der Waals surface area (Å²) in [4.78, 5) is 26.5. The minimum absolute atomic E-state index is 0.0563. The van der Waals surface area contributed by atoms with Crippen LogP contribution in [-0.4, -0.2) is 41.0 Å². The van der Waals surface area contributed by atoms with Gasteiger partial charge in [0, 0.05) is 50.8 Å². The molecule has 0 atom stereocenters. The lowest BCUT2D eigenvalue weighted by atomic mass is 10.2. The van der Waals surface area contributed by atoms with Crippen LogP contribution in [0.4, 0.5) is 11.8 Å². The standard InChI is InChI=1S/C16H20N6O/c1-22(2)16-19-8-11(9-20-16)7-17-14-6-3-12(10-18-14)15(23)21-13-4-5-13/h3,6,8-10,13H,4-5,7H2,1-2H3,(H,17,18)(H,21,23). The number of carbonyl (C=O) groups excluding carboxylic acids is 1. The fraction of sp³-hybridized carbons (Fsp3) is 0.375. The van der Waals surface area contributed by atoms with E-state index in [1.165, 1.54) is 0 Å². The average molecular weight is 312 g/mol. The Kier molecular flexibility index (Phi) is 4.36. The first kappa shape index (κ1) is 15.2. The fourth-order valence-electron chi connectivity index (χ4n) is 1.99. The van der Waals surface area contributed by atoms with Crippen LogP contribution in [0.2, 0.25) is 0 Å². The number of anilines is 2. The number of nitrogens with one attached hydrogen (secondary N) is 2. The fourth-order valence-corrected chi connectivity index (χ4v) is 1.99. The Bertz CT molecular complexity index is 664. The van der Waals surface area contributed by atoms with E-state index in [1.807, 2.05) is 19.0 Å². The average Bonchev–Trinajstić information content (AvgIpc) is 3.37. The van der Waals surface area contributed by atoms with Gasteiger partial charge in [-0.3, -0.25) is 4.79 Å². The van der Waals surface area contributed by atoms with Crippen molar-refractivity contribution in [1.82, 2.24) is 20.3 Å². The molecule has 2 aromatic rings. The zero-order valence-electron chi connectivity index (χ0n) is 13.3. The summed E-state index contributed by atoms with van der Waals surface area (Å²) in [7, 11) is 3.80. The minimum Gasteiger partial charge on any atom is -0.366 e. The van der Waals surface area contributed by atoms with E-state index in [0.717, 1.165) is 18.4 Å². The highest BCUT2D eigenvalue weighted by Gasteiger charge is 2.23. The van der Waals surface area contributed by atoms with E-state index in [2.05, 4.69) is 25.6 Å². The minimum atomic E-state index is -0.0563. The van der Waals surface area contributed by atoms with Crippen molar-refractivity contribution >= 4 is 17.7 Å². The number of hydrogen-bond donors (Lipinski definition) is 2. The van der Waals surface area contributed by atoms with Gasteiger partial charge >= 0.3 is 0 Å². The van der Waals surface area contributed by atoms with E-state index in [0.29, 0.717) is 29.9 Å². The van der Waals surface area contributed by atoms with E-state index >= 15 is 0 Å². The molecule has 120 valence electrons. The summed E-state index contributed by atoms with van der Waals surface area (Å²) in [6.45, 7) is 0.578. The molecule has 0 aliphatic heterocycles. The van der Waals surface area contributed by atoms with Gasteiger partial charge in [0.1, 0.15) is 5.82 Å². The zero-order chi connectivity index (χ0) is 16.2. The normalized spacial score (nSPS) is 13.5. The second kappa shape index (κ2) is 6.60. The summed E-state index contributed by atoms with van der Waals surface area (Å²) < 4.78 is 0. The molecule has 2 aromatic heterocycles. The molecule has 1 saturated carbocycles. The van der Waals surface area contributed by atoms with Gasteiger partial charge in [0.15, 0.2) is 0 Å². The third kappa shape index (κ3) is 4.15. The van der Waals surface area contributed by atoms with Gasteiger partial charge in [-0.25, -0.2) is 15.0 Å². The summed E-state index contributed by atoms with van der Waals surface area (Å²) in [5, 5.41) is 6.13. The molecule has 0 aromatic carbocycles. The Morgan fingerprint density at radius 2 is 1.91 bits per heavy atom. The monoisotopic (exact) mass is 312 g/mol. The van der Waals surface area contributed by atoms with Gasteiger partial charge in [0.05, 0.1) is 5.56 Å². The number of hydrogen-bond acceptors (Lipinski definition) is 6. The molecule has 0 unspecified atom stereocenters. The van der Waals surface area contributed by atoms with E-state index in [1.54, 1.807) is 30.7 Å². The number of pyridine rings is 1. The van der Waals surface area contributed by atoms with Crippen molar-refractivity contribution in [2.75, 3.05) is 24.3 Å². The van der Waals surface area contributed by atoms with Crippen molar-refractivity contribution < 1.29 is 4.79 Å². The summed E-state index contributed by atoms with van der Waals surface area (Å²) >= 11 is 0. The molecular formula is C16H20N6O. The van der Waals surface area contributed by atoms with E-state index < -0.39 is 0 Å². The Morgan fingerprint density at radius 1 is 1.17 bits per heavy atom. The molecule has 7 nitrogen and oxygen atoms in total. The molecule has 1 fully saturated rings. The number of aromatic nitrogens is 3. The second-order valence-corrected chi connectivity index (χ2v) is 5.82. The largest absolute Gasteiger partial charge is 0.366 e.